The van der Waals surface area contributed by atoms with Crippen LogP contribution in [0.1, 0.15) is 18.2 Å². The van der Waals surface area contributed by atoms with Gasteiger partial charge in [-0.05, 0) is 65.6 Å². The summed E-state index contributed by atoms with van der Waals surface area (Å²) in [4.78, 5) is 15.5. The zero-order valence-electron chi connectivity index (χ0n) is 31.9. The van der Waals surface area contributed by atoms with E-state index in [0.29, 0.717) is 5.82 Å². The van der Waals surface area contributed by atoms with Crippen LogP contribution in [0.2, 0.25) is 0 Å². The van der Waals surface area contributed by atoms with Crippen molar-refractivity contribution in [3.63, 3.8) is 0 Å². The van der Waals surface area contributed by atoms with Gasteiger partial charge in [-0.25, -0.2) is 15.0 Å². The Bertz CT molecular complexity index is 3180. The number of hydrogen-bond donors (Lipinski definition) is 0. The Kier molecular flexibility index (Phi) is 8.85. The van der Waals surface area contributed by atoms with Crippen molar-refractivity contribution < 1.29 is 4.42 Å². The number of rotatable bonds is 8. The molecule has 0 aliphatic heterocycles. The van der Waals surface area contributed by atoms with Crippen LogP contribution in [-0.4, -0.2) is 15.0 Å². The van der Waals surface area contributed by atoms with Gasteiger partial charge in [0, 0.05) is 49.4 Å². The molecule has 3 heterocycles. The number of furan rings is 1. The van der Waals surface area contributed by atoms with E-state index in [1.165, 1.54) is 5.56 Å². The average molecular weight is 744 g/mol. The lowest BCUT2D eigenvalue weighted by molar-refractivity contribution is 0.607. The van der Waals surface area contributed by atoms with Gasteiger partial charge in [-0.15, -0.1) is 0 Å². The van der Waals surface area contributed by atoms with E-state index in [4.69, 9.17) is 19.4 Å². The minimum atomic E-state index is 0.676. The quantitative estimate of drug-likeness (QED) is 0.145. The Morgan fingerprint density at radius 3 is 1.76 bits per heavy atom. The van der Waals surface area contributed by atoms with Crippen LogP contribution in [0.5, 0.6) is 0 Å². The highest BCUT2D eigenvalue weighted by molar-refractivity contribution is 6.22. The van der Waals surface area contributed by atoms with Crippen molar-refractivity contribution >= 4 is 44.8 Å². The van der Waals surface area contributed by atoms with Crippen LogP contribution in [0, 0.1) is 0 Å². The van der Waals surface area contributed by atoms with Crippen LogP contribution in [0.3, 0.4) is 0 Å². The fourth-order valence-electron chi connectivity index (χ4n) is 7.96. The molecule has 0 spiro atoms. The number of hydrogen-bond acceptors (Lipinski definition) is 4. The third-order valence-corrected chi connectivity index (χ3v) is 10.8. The number of pyridine rings is 1. The van der Waals surface area contributed by atoms with Crippen LogP contribution in [-0.2, 0) is 0 Å². The fraction of sp³-hybridized carbons (Fsp3) is 0.0185. The summed E-state index contributed by atoms with van der Waals surface area (Å²) >= 11 is 0. The molecule has 0 N–H and O–H groups in total. The molecule has 274 valence electrons. The van der Waals surface area contributed by atoms with E-state index < -0.39 is 0 Å². The third-order valence-electron chi connectivity index (χ3n) is 10.8. The van der Waals surface area contributed by atoms with E-state index in [-0.39, 0.29) is 0 Å². The lowest BCUT2D eigenvalue weighted by Gasteiger charge is -2.12. The molecule has 0 unspecified atom stereocenters. The topological polar surface area (TPSA) is 51.8 Å². The van der Waals surface area contributed by atoms with Gasteiger partial charge < -0.3 is 4.42 Å². The van der Waals surface area contributed by atoms with Crippen molar-refractivity contribution in [1.82, 2.24) is 15.0 Å². The SMILES string of the molecule is C=Cc1oc2c(ccc3c(-c4cccc(-c5ccc(-c6nc(-c7ccccc7)cc(-c7cccc(-c8ccccc8)c7)n6)cc5)c4)nc4ccccc4c32)c1/C=C\C. The predicted octanol–water partition coefficient (Wildman–Crippen LogP) is 14.6. The summed E-state index contributed by atoms with van der Waals surface area (Å²) in [7, 11) is 0. The molecule has 0 aliphatic carbocycles. The molecular formula is C54H37N3O. The molecule has 0 radical (unpaired) electrons. The van der Waals surface area contributed by atoms with Gasteiger partial charge in [0.1, 0.15) is 11.3 Å². The summed E-state index contributed by atoms with van der Waals surface area (Å²) < 4.78 is 6.53. The molecule has 10 aromatic rings. The predicted molar refractivity (Wildman–Crippen MR) is 242 cm³/mol. The number of benzene rings is 7. The van der Waals surface area contributed by atoms with E-state index in [1.54, 1.807) is 6.08 Å². The molecule has 0 saturated heterocycles. The second kappa shape index (κ2) is 14.8. The summed E-state index contributed by atoms with van der Waals surface area (Å²) in [6.45, 7) is 6.05. The van der Waals surface area contributed by atoms with Gasteiger partial charge in [0.2, 0.25) is 0 Å². The third kappa shape index (κ3) is 6.27. The molecule has 0 amide bonds. The standard InChI is InChI=1S/C54H37N3O/c1-3-15-43-44-30-31-46-51(53(44)58-50(43)4-2)45-24-11-12-25-47(45)55-52(46)42-23-14-21-40(33-42)36-26-28-38(29-27-36)54-56-48(37-18-9-6-10-19-37)34-49(57-54)41-22-13-20-39(32-41)35-16-7-5-8-17-35/h3-34H,2H2,1H3/b15-3-. The number of aromatic nitrogens is 3. The van der Waals surface area contributed by atoms with Crippen LogP contribution >= 0.6 is 0 Å². The number of para-hydroxylation sites is 1. The van der Waals surface area contributed by atoms with Crippen molar-refractivity contribution in [3.8, 4) is 67.4 Å². The Balaban J connectivity index is 1.05. The van der Waals surface area contributed by atoms with Crippen molar-refractivity contribution in [2.24, 2.45) is 0 Å². The van der Waals surface area contributed by atoms with Gasteiger partial charge in [-0.1, -0.05) is 164 Å². The van der Waals surface area contributed by atoms with Crippen molar-refractivity contribution in [2.75, 3.05) is 0 Å². The van der Waals surface area contributed by atoms with Gasteiger partial charge in [0.15, 0.2) is 5.82 Å². The molecule has 4 nitrogen and oxygen atoms in total. The molecule has 3 aromatic heterocycles. The van der Waals surface area contributed by atoms with Crippen LogP contribution < -0.4 is 0 Å². The molecule has 0 saturated carbocycles. The monoisotopic (exact) mass is 743 g/mol. The Morgan fingerprint density at radius 2 is 1.03 bits per heavy atom. The minimum absolute atomic E-state index is 0.676. The zero-order chi connectivity index (χ0) is 39.0. The molecule has 7 aromatic carbocycles. The largest absolute Gasteiger partial charge is 0.455 e. The van der Waals surface area contributed by atoms with Crippen molar-refractivity contribution in [1.29, 1.82) is 0 Å². The summed E-state index contributed by atoms with van der Waals surface area (Å²) in [5.74, 6) is 1.44. The number of allylic oxidation sites excluding steroid dienone is 1. The van der Waals surface area contributed by atoms with Gasteiger partial charge in [-0.2, -0.15) is 0 Å². The Hall–Kier alpha value is -7.69. The maximum Gasteiger partial charge on any atom is 0.160 e. The highest BCUT2D eigenvalue weighted by Crippen LogP contribution is 2.41. The number of fused-ring (bicyclic) bond motifs is 5. The summed E-state index contributed by atoms with van der Waals surface area (Å²) in [6, 6.07) is 61.2. The first-order valence-electron chi connectivity index (χ1n) is 19.5. The Morgan fingerprint density at radius 1 is 0.466 bits per heavy atom. The normalized spacial score (nSPS) is 11.5. The van der Waals surface area contributed by atoms with Crippen LogP contribution in [0.25, 0.3) is 112 Å². The molecule has 0 bridgehead atoms. The maximum absolute atomic E-state index is 6.53. The fourth-order valence-corrected chi connectivity index (χ4v) is 7.96. The average Bonchev–Trinajstić information content (AvgIpc) is 3.66. The lowest BCUT2D eigenvalue weighted by Crippen LogP contribution is -1.96. The first-order valence-corrected chi connectivity index (χ1v) is 19.5. The molecule has 0 fully saturated rings. The molecule has 0 atom stereocenters. The van der Waals surface area contributed by atoms with Crippen LogP contribution in [0.15, 0.2) is 193 Å². The molecular weight excluding hydrogens is 707 g/mol. The van der Waals surface area contributed by atoms with Gasteiger partial charge >= 0.3 is 0 Å². The van der Waals surface area contributed by atoms with Crippen molar-refractivity contribution in [2.45, 2.75) is 6.92 Å². The van der Waals surface area contributed by atoms with E-state index in [0.717, 1.165) is 100.0 Å². The Labute approximate surface area is 337 Å². The summed E-state index contributed by atoms with van der Waals surface area (Å²) in [6.07, 6.45) is 5.91. The summed E-state index contributed by atoms with van der Waals surface area (Å²) in [5.41, 5.74) is 14.0. The van der Waals surface area contributed by atoms with E-state index in [1.807, 2.05) is 43.3 Å². The highest BCUT2D eigenvalue weighted by atomic mass is 16.3. The smallest absolute Gasteiger partial charge is 0.160 e. The van der Waals surface area contributed by atoms with Crippen LogP contribution in [0.4, 0.5) is 0 Å². The molecule has 10 rings (SSSR count). The second-order valence-corrected chi connectivity index (χ2v) is 14.4. The first-order chi connectivity index (χ1) is 28.6. The maximum atomic E-state index is 6.53. The molecule has 0 aliphatic rings. The van der Waals surface area contributed by atoms with Gasteiger partial charge in [-0.3, -0.25) is 0 Å². The van der Waals surface area contributed by atoms with E-state index in [2.05, 4.69) is 158 Å². The first kappa shape index (κ1) is 34.8. The zero-order valence-corrected chi connectivity index (χ0v) is 31.9. The number of nitrogens with zero attached hydrogens (tertiary/aromatic N) is 3. The summed E-state index contributed by atoms with van der Waals surface area (Å²) in [5, 5.41) is 4.20. The van der Waals surface area contributed by atoms with Gasteiger partial charge in [0.05, 0.1) is 22.6 Å². The minimum Gasteiger partial charge on any atom is -0.455 e. The van der Waals surface area contributed by atoms with E-state index in [9.17, 15) is 0 Å². The highest BCUT2D eigenvalue weighted by Gasteiger charge is 2.19. The molecule has 4 heteroatoms. The van der Waals surface area contributed by atoms with E-state index >= 15 is 0 Å². The second-order valence-electron chi connectivity index (χ2n) is 14.4. The lowest BCUT2D eigenvalue weighted by atomic mass is 9.95. The molecule has 58 heavy (non-hydrogen) atoms. The van der Waals surface area contributed by atoms with Crippen molar-refractivity contribution in [3.05, 3.63) is 200 Å². The van der Waals surface area contributed by atoms with Gasteiger partial charge in [0.25, 0.3) is 0 Å².